The average Bonchev–Trinajstić information content (AvgIpc) is 2.81. The number of rotatable bonds is 3. The molecule has 0 saturated heterocycles. The maximum absolute atomic E-state index is 12.7. The van der Waals surface area contributed by atoms with Gasteiger partial charge in [-0.25, -0.2) is 8.42 Å². The molecule has 6 nitrogen and oxygen atoms in total. The molecule has 0 atom stereocenters. The average molecular weight is 370 g/mol. The third kappa shape index (κ3) is 3.20. The first-order chi connectivity index (χ1) is 11.6. The van der Waals surface area contributed by atoms with Crippen molar-refractivity contribution in [3.63, 3.8) is 0 Å². The Morgan fingerprint density at radius 1 is 0.920 bits per heavy atom. The number of imide groups is 1. The highest BCUT2D eigenvalue weighted by Gasteiger charge is 2.31. The molecule has 0 spiro atoms. The van der Waals surface area contributed by atoms with Crippen LogP contribution in [0.5, 0.6) is 0 Å². The number of sulfonamides is 1. The number of anilines is 1. The van der Waals surface area contributed by atoms with Crippen LogP contribution in [0.2, 0.25) is 0 Å². The molecular formula is C15H9F3N2O4S. The Morgan fingerprint density at radius 3 is 2.28 bits per heavy atom. The van der Waals surface area contributed by atoms with Gasteiger partial charge in [-0.3, -0.25) is 19.6 Å². The lowest BCUT2D eigenvalue weighted by atomic mass is 10.1. The van der Waals surface area contributed by atoms with Crippen molar-refractivity contribution in [2.45, 2.75) is 11.1 Å². The van der Waals surface area contributed by atoms with E-state index in [2.05, 4.69) is 0 Å². The van der Waals surface area contributed by atoms with E-state index in [9.17, 15) is 31.2 Å². The van der Waals surface area contributed by atoms with Crippen molar-refractivity contribution in [2.24, 2.45) is 0 Å². The molecule has 130 valence electrons. The van der Waals surface area contributed by atoms with Gasteiger partial charge in [0.1, 0.15) is 0 Å². The molecule has 0 radical (unpaired) electrons. The Labute approximate surface area is 139 Å². The van der Waals surface area contributed by atoms with Gasteiger partial charge in [0.25, 0.3) is 21.8 Å². The molecule has 0 fully saturated rings. The molecule has 3 rings (SSSR count). The second kappa shape index (κ2) is 5.59. The molecule has 1 heterocycles. The summed E-state index contributed by atoms with van der Waals surface area (Å²) in [6, 6.07) is 6.94. The van der Waals surface area contributed by atoms with Crippen molar-refractivity contribution in [3.8, 4) is 0 Å². The van der Waals surface area contributed by atoms with E-state index >= 15 is 0 Å². The first-order valence-corrected chi connectivity index (χ1v) is 8.26. The van der Waals surface area contributed by atoms with E-state index in [1.54, 1.807) is 0 Å². The smallest absolute Gasteiger partial charge is 0.288 e. The fourth-order valence-corrected chi connectivity index (χ4v) is 3.36. The molecule has 2 aromatic carbocycles. The lowest BCUT2D eigenvalue weighted by Gasteiger charge is -2.11. The zero-order valence-corrected chi connectivity index (χ0v) is 13.0. The predicted octanol–water partition coefficient (Wildman–Crippen LogP) is 2.39. The van der Waals surface area contributed by atoms with Gasteiger partial charge in [-0.05, 0) is 36.4 Å². The highest BCUT2D eigenvalue weighted by Crippen LogP contribution is 2.31. The number of carbonyl (C=O) groups is 2. The Hall–Kier alpha value is -2.88. The van der Waals surface area contributed by atoms with Crippen molar-refractivity contribution in [2.75, 3.05) is 4.72 Å². The normalized spacial score (nSPS) is 14.2. The van der Waals surface area contributed by atoms with Crippen LogP contribution < -0.4 is 10.0 Å². The van der Waals surface area contributed by atoms with E-state index in [4.69, 9.17) is 0 Å². The van der Waals surface area contributed by atoms with E-state index in [1.807, 2.05) is 10.0 Å². The van der Waals surface area contributed by atoms with Crippen molar-refractivity contribution < 1.29 is 31.2 Å². The maximum atomic E-state index is 12.7. The molecule has 1 aliphatic rings. The van der Waals surface area contributed by atoms with Crippen molar-refractivity contribution in [1.29, 1.82) is 0 Å². The minimum atomic E-state index is -4.62. The molecule has 2 amide bonds. The molecule has 1 aliphatic heterocycles. The number of alkyl halides is 3. The summed E-state index contributed by atoms with van der Waals surface area (Å²) in [6.45, 7) is 0. The number of fused-ring (bicyclic) bond motifs is 1. The lowest BCUT2D eigenvalue weighted by Crippen LogP contribution is -2.20. The van der Waals surface area contributed by atoms with E-state index in [0.717, 1.165) is 36.4 Å². The monoisotopic (exact) mass is 370 g/mol. The fourth-order valence-electron chi connectivity index (χ4n) is 2.29. The standard InChI is InChI=1S/C15H9F3N2O4S/c16-15(17,18)8-2-1-3-9(6-8)20-25(23,24)10-4-5-11-12(7-10)14(22)19-13(11)21/h1-7,20H,(H,19,21,22). The first-order valence-electron chi connectivity index (χ1n) is 6.78. The van der Waals surface area contributed by atoms with Gasteiger partial charge in [-0.1, -0.05) is 6.07 Å². The molecule has 0 saturated carbocycles. The third-order valence-electron chi connectivity index (χ3n) is 3.46. The zero-order chi connectivity index (χ0) is 18.4. The topological polar surface area (TPSA) is 92.3 Å². The number of hydrogen-bond acceptors (Lipinski definition) is 4. The third-order valence-corrected chi connectivity index (χ3v) is 4.84. The van der Waals surface area contributed by atoms with Crippen LogP contribution in [-0.4, -0.2) is 20.2 Å². The van der Waals surface area contributed by atoms with Gasteiger partial charge in [0.15, 0.2) is 0 Å². The molecule has 0 bridgehead atoms. The van der Waals surface area contributed by atoms with Gasteiger partial charge in [0.2, 0.25) is 0 Å². The molecule has 0 unspecified atom stereocenters. The van der Waals surface area contributed by atoms with Crippen LogP contribution in [0.3, 0.4) is 0 Å². The summed E-state index contributed by atoms with van der Waals surface area (Å²) in [4.78, 5) is 22.7. The molecule has 2 aromatic rings. The number of hydrogen-bond donors (Lipinski definition) is 2. The van der Waals surface area contributed by atoms with E-state index in [0.29, 0.717) is 6.07 Å². The van der Waals surface area contributed by atoms with Gasteiger partial charge in [0, 0.05) is 5.69 Å². The molecule has 25 heavy (non-hydrogen) atoms. The Morgan fingerprint density at radius 2 is 1.60 bits per heavy atom. The summed E-state index contributed by atoms with van der Waals surface area (Å²) < 4.78 is 64.8. The molecule has 0 aromatic heterocycles. The summed E-state index contributed by atoms with van der Waals surface area (Å²) in [5, 5.41) is 2.02. The van der Waals surface area contributed by atoms with Crippen molar-refractivity contribution in [3.05, 3.63) is 59.2 Å². The number of carbonyl (C=O) groups excluding carboxylic acids is 2. The van der Waals surface area contributed by atoms with Gasteiger partial charge in [-0.15, -0.1) is 0 Å². The van der Waals surface area contributed by atoms with Crippen molar-refractivity contribution >= 4 is 27.5 Å². The van der Waals surface area contributed by atoms with Gasteiger partial charge < -0.3 is 0 Å². The second-order valence-corrected chi connectivity index (χ2v) is 6.86. The fraction of sp³-hybridized carbons (Fsp3) is 0.0667. The lowest BCUT2D eigenvalue weighted by molar-refractivity contribution is -0.137. The van der Waals surface area contributed by atoms with E-state index in [1.165, 1.54) is 0 Å². The number of benzene rings is 2. The van der Waals surface area contributed by atoms with Gasteiger partial charge in [0.05, 0.1) is 21.6 Å². The summed E-state index contributed by atoms with van der Waals surface area (Å²) in [6.07, 6.45) is -4.62. The highest BCUT2D eigenvalue weighted by molar-refractivity contribution is 7.92. The number of halogens is 3. The highest BCUT2D eigenvalue weighted by atomic mass is 32.2. The second-order valence-electron chi connectivity index (χ2n) is 5.17. The van der Waals surface area contributed by atoms with Crippen LogP contribution in [-0.2, 0) is 16.2 Å². The molecule has 0 aliphatic carbocycles. The minimum absolute atomic E-state index is 0.0306. The Bertz CT molecular complexity index is 1000. The summed E-state index contributed by atoms with van der Waals surface area (Å²) >= 11 is 0. The van der Waals surface area contributed by atoms with Crippen molar-refractivity contribution in [1.82, 2.24) is 5.32 Å². The molecular weight excluding hydrogens is 361 g/mol. The quantitative estimate of drug-likeness (QED) is 0.812. The van der Waals surface area contributed by atoms with E-state index in [-0.39, 0.29) is 21.7 Å². The van der Waals surface area contributed by atoms with Crippen LogP contribution in [0.1, 0.15) is 26.3 Å². The number of nitrogens with one attached hydrogen (secondary N) is 2. The molecule has 2 N–H and O–H groups in total. The largest absolute Gasteiger partial charge is 0.416 e. The van der Waals surface area contributed by atoms with Crippen LogP contribution in [0.25, 0.3) is 0 Å². The summed E-state index contributed by atoms with van der Waals surface area (Å²) in [7, 11) is -4.25. The van der Waals surface area contributed by atoms with E-state index < -0.39 is 33.6 Å². The Kier molecular flexibility index (Phi) is 3.79. The first kappa shape index (κ1) is 17.0. The van der Waals surface area contributed by atoms with Crippen LogP contribution in [0, 0.1) is 0 Å². The van der Waals surface area contributed by atoms with Gasteiger partial charge >= 0.3 is 6.18 Å². The SMILES string of the molecule is O=C1NC(=O)c2cc(S(=O)(=O)Nc3cccc(C(F)(F)F)c3)ccc21. The zero-order valence-electron chi connectivity index (χ0n) is 12.2. The van der Waals surface area contributed by atoms with Gasteiger partial charge in [-0.2, -0.15) is 13.2 Å². The minimum Gasteiger partial charge on any atom is -0.288 e. The molecule has 10 heteroatoms. The summed E-state index contributed by atoms with van der Waals surface area (Å²) in [5.74, 6) is -1.38. The summed E-state index contributed by atoms with van der Waals surface area (Å²) in [5.41, 5.74) is -1.37. The maximum Gasteiger partial charge on any atom is 0.416 e. The predicted molar refractivity (Wildman–Crippen MR) is 80.5 cm³/mol. The van der Waals surface area contributed by atoms with Crippen LogP contribution in [0.4, 0.5) is 18.9 Å². The van der Waals surface area contributed by atoms with Crippen LogP contribution in [0.15, 0.2) is 47.4 Å². The number of amides is 2. The Balaban J connectivity index is 1.95. The van der Waals surface area contributed by atoms with Crippen LogP contribution >= 0.6 is 0 Å².